The molecule has 0 spiro atoms. The van der Waals surface area contributed by atoms with E-state index < -0.39 is 5.60 Å². The first kappa shape index (κ1) is 13.6. The number of methoxy groups -OCH3 is 1. The summed E-state index contributed by atoms with van der Waals surface area (Å²) in [6.45, 7) is 6.74. The van der Waals surface area contributed by atoms with Gasteiger partial charge in [-0.05, 0) is 20.8 Å². The molecule has 1 aromatic heterocycles. The van der Waals surface area contributed by atoms with Crippen LogP contribution in [0.3, 0.4) is 0 Å². The predicted molar refractivity (Wildman–Crippen MR) is 69.1 cm³/mol. The van der Waals surface area contributed by atoms with Gasteiger partial charge in [-0.15, -0.1) is 0 Å². The maximum atomic E-state index is 11.8. The summed E-state index contributed by atoms with van der Waals surface area (Å²) in [7, 11) is 1.57. The van der Waals surface area contributed by atoms with Crippen LogP contribution in [0.4, 0.5) is 4.79 Å². The lowest BCUT2D eigenvalue weighted by Gasteiger charge is -2.39. The van der Waals surface area contributed by atoms with Crippen molar-refractivity contribution in [2.24, 2.45) is 0 Å². The molecule has 2 heterocycles. The zero-order valence-electron chi connectivity index (χ0n) is 11.7. The van der Waals surface area contributed by atoms with Crippen LogP contribution < -0.4 is 4.74 Å². The molecular formula is C13H19N3O3. The van der Waals surface area contributed by atoms with Crippen LogP contribution in [0, 0.1) is 0 Å². The van der Waals surface area contributed by atoms with E-state index in [2.05, 4.69) is 9.97 Å². The zero-order valence-corrected chi connectivity index (χ0v) is 11.7. The molecule has 0 aromatic carbocycles. The third kappa shape index (κ3) is 3.13. The molecule has 0 atom stereocenters. The Morgan fingerprint density at radius 2 is 1.95 bits per heavy atom. The van der Waals surface area contributed by atoms with Crippen molar-refractivity contribution in [3.63, 3.8) is 0 Å². The van der Waals surface area contributed by atoms with Crippen molar-refractivity contribution >= 4 is 6.09 Å². The Labute approximate surface area is 112 Å². The second kappa shape index (κ2) is 5.03. The summed E-state index contributed by atoms with van der Waals surface area (Å²) in [6, 6.07) is 0. The van der Waals surface area contributed by atoms with Crippen molar-refractivity contribution in [2.75, 3.05) is 20.2 Å². The molecule has 0 bridgehead atoms. The maximum Gasteiger partial charge on any atom is 0.410 e. The van der Waals surface area contributed by atoms with Gasteiger partial charge in [0.15, 0.2) is 0 Å². The Morgan fingerprint density at radius 1 is 1.32 bits per heavy atom. The fraction of sp³-hybridized carbons (Fsp3) is 0.615. The molecular weight excluding hydrogens is 246 g/mol. The molecule has 1 aliphatic rings. The molecule has 1 saturated heterocycles. The molecule has 1 amide bonds. The van der Waals surface area contributed by atoms with Gasteiger partial charge in [-0.3, -0.25) is 4.98 Å². The van der Waals surface area contributed by atoms with Crippen LogP contribution in [-0.2, 0) is 4.74 Å². The van der Waals surface area contributed by atoms with Crippen LogP contribution in [-0.4, -0.2) is 46.8 Å². The average Bonchev–Trinajstić information content (AvgIpc) is 2.25. The van der Waals surface area contributed by atoms with Crippen molar-refractivity contribution in [1.82, 2.24) is 14.9 Å². The molecule has 1 aromatic rings. The summed E-state index contributed by atoms with van der Waals surface area (Å²) in [6.07, 6.45) is 2.94. The van der Waals surface area contributed by atoms with Crippen LogP contribution in [0.5, 0.6) is 5.88 Å². The van der Waals surface area contributed by atoms with E-state index in [1.807, 2.05) is 20.8 Å². The second-order valence-electron chi connectivity index (χ2n) is 5.53. The summed E-state index contributed by atoms with van der Waals surface area (Å²) in [5.74, 6) is 0.688. The zero-order chi connectivity index (χ0) is 14.0. The summed E-state index contributed by atoms with van der Waals surface area (Å²) in [5.41, 5.74) is 0.330. The molecule has 2 rings (SSSR count). The van der Waals surface area contributed by atoms with E-state index in [4.69, 9.17) is 9.47 Å². The van der Waals surface area contributed by atoms with E-state index in [-0.39, 0.29) is 12.0 Å². The Kier molecular flexibility index (Phi) is 3.59. The minimum absolute atomic E-state index is 0.163. The number of nitrogens with zero attached hydrogens (tertiary/aromatic N) is 3. The fourth-order valence-electron chi connectivity index (χ4n) is 1.90. The molecule has 1 aliphatic heterocycles. The minimum Gasteiger partial charge on any atom is -0.480 e. The summed E-state index contributed by atoms with van der Waals surface area (Å²) in [5, 5.41) is 0. The molecule has 0 unspecified atom stereocenters. The number of amides is 1. The Balaban J connectivity index is 1.94. The standard InChI is InChI=1S/C13H19N3O3/c1-13(2,3)19-12(17)16-7-9(8-16)10-11(18-4)15-6-5-14-10/h5-6,9H,7-8H2,1-4H3. The minimum atomic E-state index is -0.466. The smallest absolute Gasteiger partial charge is 0.410 e. The van der Waals surface area contributed by atoms with Crippen molar-refractivity contribution in [2.45, 2.75) is 32.3 Å². The van der Waals surface area contributed by atoms with Gasteiger partial charge in [0.1, 0.15) is 11.3 Å². The first-order valence-electron chi connectivity index (χ1n) is 6.23. The van der Waals surface area contributed by atoms with E-state index in [1.54, 1.807) is 24.4 Å². The molecule has 0 N–H and O–H groups in total. The van der Waals surface area contributed by atoms with Crippen molar-refractivity contribution in [1.29, 1.82) is 0 Å². The number of rotatable bonds is 2. The highest BCUT2D eigenvalue weighted by Gasteiger charge is 2.37. The number of aromatic nitrogens is 2. The second-order valence-corrected chi connectivity index (χ2v) is 5.53. The summed E-state index contributed by atoms with van der Waals surface area (Å²) >= 11 is 0. The first-order valence-corrected chi connectivity index (χ1v) is 6.23. The van der Waals surface area contributed by atoms with Crippen molar-refractivity contribution in [3.05, 3.63) is 18.1 Å². The third-order valence-electron chi connectivity index (χ3n) is 2.80. The number of ether oxygens (including phenoxy) is 2. The van der Waals surface area contributed by atoms with Gasteiger partial charge in [-0.1, -0.05) is 0 Å². The van der Waals surface area contributed by atoms with Gasteiger partial charge in [0, 0.05) is 31.4 Å². The van der Waals surface area contributed by atoms with Crippen LogP contribution in [0.25, 0.3) is 0 Å². The third-order valence-corrected chi connectivity index (χ3v) is 2.80. The van der Waals surface area contributed by atoms with Gasteiger partial charge >= 0.3 is 6.09 Å². The fourth-order valence-corrected chi connectivity index (χ4v) is 1.90. The van der Waals surface area contributed by atoms with Gasteiger partial charge in [0.25, 0.3) is 0 Å². The van der Waals surface area contributed by atoms with Crippen molar-refractivity contribution < 1.29 is 14.3 Å². The highest BCUT2D eigenvalue weighted by atomic mass is 16.6. The number of carbonyl (C=O) groups is 1. The highest BCUT2D eigenvalue weighted by Crippen LogP contribution is 2.31. The summed E-state index contributed by atoms with van der Waals surface area (Å²) in [4.78, 5) is 21.8. The van der Waals surface area contributed by atoms with E-state index in [1.165, 1.54) is 0 Å². The van der Waals surface area contributed by atoms with Gasteiger partial charge in [0.05, 0.1) is 7.11 Å². The van der Waals surface area contributed by atoms with Crippen LogP contribution in [0.2, 0.25) is 0 Å². The lowest BCUT2D eigenvalue weighted by Crippen LogP contribution is -2.50. The quantitative estimate of drug-likeness (QED) is 0.816. The van der Waals surface area contributed by atoms with E-state index in [9.17, 15) is 4.79 Å². The van der Waals surface area contributed by atoms with Gasteiger partial charge < -0.3 is 14.4 Å². The molecule has 0 radical (unpaired) electrons. The molecule has 1 fully saturated rings. The monoisotopic (exact) mass is 265 g/mol. The SMILES string of the molecule is COc1nccnc1C1CN(C(=O)OC(C)(C)C)C1. The van der Waals surface area contributed by atoms with Crippen LogP contribution in [0.1, 0.15) is 32.4 Å². The first-order chi connectivity index (χ1) is 8.90. The number of likely N-dealkylation sites (tertiary alicyclic amines) is 1. The van der Waals surface area contributed by atoms with Crippen molar-refractivity contribution in [3.8, 4) is 5.88 Å². The maximum absolute atomic E-state index is 11.8. The molecule has 0 aliphatic carbocycles. The topological polar surface area (TPSA) is 64.6 Å². The predicted octanol–water partition coefficient (Wildman–Crippen LogP) is 1.82. The highest BCUT2D eigenvalue weighted by molar-refractivity contribution is 5.69. The molecule has 104 valence electrons. The van der Waals surface area contributed by atoms with Gasteiger partial charge in [0.2, 0.25) is 5.88 Å². The Bertz CT molecular complexity index is 464. The lowest BCUT2D eigenvalue weighted by molar-refractivity contribution is 0.00761. The molecule has 0 saturated carbocycles. The van der Waals surface area contributed by atoms with E-state index in [0.717, 1.165) is 5.69 Å². The number of hydrogen-bond acceptors (Lipinski definition) is 5. The van der Waals surface area contributed by atoms with Crippen LogP contribution >= 0.6 is 0 Å². The largest absolute Gasteiger partial charge is 0.480 e. The lowest BCUT2D eigenvalue weighted by atomic mass is 9.97. The van der Waals surface area contributed by atoms with Gasteiger partial charge in [-0.2, -0.15) is 0 Å². The number of hydrogen-bond donors (Lipinski definition) is 0. The molecule has 6 nitrogen and oxygen atoms in total. The molecule has 6 heteroatoms. The van der Waals surface area contributed by atoms with Crippen LogP contribution in [0.15, 0.2) is 12.4 Å². The summed E-state index contributed by atoms with van der Waals surface area (Å²) < 4.78 is 10.5. The molecule has 19 heavy (non-hydrogen) atoms. The Hall–Kier alpha value is -1.85. The average molecular weight is 265 g/mol. The van der Waals surface area contributed by atoms with E-state index in [0.29, 0.717) is 19.0 Å². The Morgan fingerprint density at radius 3 is 2.53 bits per heavy atom. The number of carbonyl (C=O) groups excluding carboxylic acids is 1. The van der Waals surface area contributed by atoms with E-state index >= 15 is 0 Å². The van der Waals surface area contributed by atoms with Gasteiger partial charge in [-0.25, -0.2) is 9.78 Å². The normalized spacial score (nSPS) is 15.9.